The summed E-state index contributed by atoms with van der Waals surface area (Å²) in [6.45, 7) is 17.7. The third kappa shape index (κ3) is 10.6. The SMILES string of the molecule is CC(C)OSN(C)C1=CCCC(C2=NC3(CCC(C(C)(C)C)CC3)N(C(CCC(C)(C)C)c3ccc(C(=O)NCCC(=O)O)cc3)C2=O)=C1.S. The van der Waals surface area contributed by atoms with Gasteiger partial charge in [0.15, 0.2) is 0 Å². The van der Waals surface area contributed by atoms with Crippen molar-refractivity contribution in [2.45, 2.75) is 131 Å². The van der Waals surface area contributed by atoms with Crippen LogP contribution in [0.2, 0.25) is 0 Å². The van der Waals surface area contributed by atoms with E-state index in [1.54, 1.807) is 12.1 Å². The topological polar surface area (TPSA) is 112 Å². The van der Waals surface area contributed by atoms with Crippen LogP contribution in [0.4, 0.5) is 0 Å². The molecular weight excluding hydrogens is 669 g/mol. The molecule has 0 bridgehead atoms. The molecule has 2 aliphatic carbocycles. The smallest absolute Gasteiger partial charge is 0.305 e. The summed E-state index contributed by atoms with van der Waals surface area (Å²) in [5.74, 6) is -0.725. The summed E-state index contributed by atoms with van der Waals surface area (Å²) in [4.78, 5) is 46.2. The van der Waals surface area contributed by atoms with Crippen molar-refractivity contribution in [1.82, 2.24) is 14.5 Å². The van der Waals surface area contributed by atoms with Crippen LogP contribution in [0, 0.1) is 16.7 Å². The van der Waals surface area contributed by atoms with Gasteiger partial charge >= 0.3 is 5.97 Å². The Labute approximate surface area is 311 Å². The molecule has 0 radical (unpaired) electrons. The van der Waals surface area contributed by atoms with Gasteiger partial charge in [0.25, 0.3) is 11.8 Å². The number of carboxylic acids is 1. The number of nitrogens with one attached hydrogen (secondary N) is 1. The summed E-state index contributed by atoms with van der Waals surface area (Å²) in [5.41, 5.74) is 3.61. The Hall–Kier alpha value is -2.76. The average molecular weight is 729 g/mol. The van der Waals surface area contributed by atoms with Gasteiger partial charge in [-0.25, -0.2) is 0 Å². The van der Waals surface area contributed by atoms with Crippen LogP contribution in [-0.4, -0.2) is 63.2 Å². The Morgan fingerprint density at radius 2 is 1.76 bits per heavy atom. The zero-order chi connectivity index (χ0) is 36.1. The van der Waals surface area contributed by atoms with Crippen molar-refractivity contribution in [3.63, 3.8) is 0 Å². The molecule has 1 atom stereocenters. The third-order valence-electron chi connectivity index (χ3n) is 9.97. The van der Waals surface area contributed by atoms with Gasteiger partial charge in [-0.15, -0.1) is 0 Å². The van der Waals surface area contributed by atoms with Crippen LogP contribution in [0.5, 0.6) is 0 Å². The van der Waals surface area contributed by atoms with Crippen LogP contribution in [0.15, 0.2) is 52.7 Å². The third-order valence-corrected chi connectivity index (χ3v) is 10.9. The van der Waals surface area contributed by atoms with E-state index >= 15 is 0 Å². The number of hydrogen-bond donors (Lipinski definition) is 2. The monoisotopic (exact) mass is 728 g/mol. The molecule has 278 valence electrons. The number of likely N-dealkylation sites (N-methyl/N-ethyl adjacent to an activating group) is 1. The summed E-state index contributed by atoms with van der Waals surface area (Å²) in [7, 11) is 1.98. The lowest BCUT2D eigenvalue weighted by atomic mass is 9.69. The molecule has 1 aliphatic heterocycles. The Morgan fingerprint density at radius 3 is 2.32 bits per heavy atom. The van der Waals surface area contributed by atoms with Gasteiger partial charge in [-0.3, -0.25) is 27.9 Å². The Morgan fingerprint density at radius 1 is 1.12 bits per heavy atom. The first kappa shape index (κ1) is 41.7. The van der Waals surface area contributed by atoms with Crippen molar-refractivity contribution in [3.8, 4) is 0 Å². The van der Waals surface area contributed by atoms with Gasteiger partial charge in [-0.2, -0.15) is 13.5 Å². The van der Waals surface area contributed by atoms with E-state index in [2.05, 4.69) is 63.9 Å². The van der Waals surface area contributed by atoms with Crippen LogP contribution in [0.25, 0.3) is 0 Å². The molecule has 0 aromatic heterocycles. The lowest BCUT2D eigenvalue weighted by Gasteiger charge is -2.47. The number of aliphatic carboxylic acids is 1. The molecule has 1 unspecified atom stereocenters. The van der Waals surface area contributed by atoms with Gasteiger partial charge in [0.1, 0.15) is 23.6 Å². The van der Waals surface area contributed by atoms with Crippen LogP contribution in [0.1, 0.15) is 135 Å². The Balaban J connectivity index is 0.00000676. The molecule has 1 aromatic carbocycles. The van der Waals surface area contributed by atoms with E-state index in [0.717, 1.165) is 68.2 Å². The van der Waals surface area contributed by atoms with Crippen molar-refractivity contribution in [1.29, 1.82) is 0 Å². The number of allylic oxidation sites excluding steroid dienone is 2. The molecule has 1 fully saturated rings. The molecule has 2 N–H and O–H groups in total. The molecule has 1 aromatic rings. The second-order valence-electron chi connectivity index (χ2n) is 16.4. The Bertz CT molecular complexity index is 1450. The molecule has 3 aliphatic rings. The predicted octanol–water partition coefficient (Wildman–Crippen LogP) is 8.61. The lowest BCUT2D eigenvalue weighted by molar-refractivity contribution is -0.137. The van der Waals surface area contributed by atoms with Gasteiger partial charge < -0.3 is 15.3 Å². The van der Waals surface area contributed by atoms with Crippen LogP contribution < -0.4 is 5.32 Å². The van der Waals surface area contributed by atoms with E-state index in [-0.39, 0.29) is 61.3 Å². The van der Waals surface area contributed by atoms with Gasteiger partial charge in [-0.05, 0) is 111 Å². The maximum atomic E-state index is 14.9. The summed E-state index contributed by atoms with van der Waals surface area (Å²) in [6, 6.07) is 7.27. The quantitative estimate of drug-likeness (QED) is 0.155. The molecule has 0 saturated heterocycles. The maximum absolute atomic E-state index is 14.9. The van der Waals surface area contributed by atoms with Crippen LogP contribution >= 0.6 is 25.7 Å². The zero-order valence-electron chi connectivity index (χ0n) is 31.6. The van der Waals surface area contributed by atoms with E-state index in [0.29, 0.717) is 17.2 Å². The molecule has 4 rings (SSSR count). The fourth-order valence-electron chi connectivity index (χ4n) is 7.09. The molecular formula is C39H60N4O5S2. The summed E-state index contributed by atoms with van der Waals surface area (Å²) in [6.07, 6.45) is 11.1. The fraction of sp³-hybridized carbons (Fsp3) is 0.641. The molecule has 11 heteroatoms. The predicted molar refractivity (Wildman–Crippen MR) is 208 cm³/mol. The molecule has 50 heavy (non-hydrogen) atoms. The number of carbonyl (C=O) groups excluding carboxylic acids is 2. The highest BCUT2D eigenvalue weighted by atomic mass is 32.2. The van der Waals surface area contributed by atoms with Gasteiger partial charge in [-0.1, -0.05) is 59.8 Å². The molecule has 1 saturated carbocycles. The molecule has 9 nitrogen and oxygen atoms in total. The van der Waals surface area contributed by atoms with E-state index in [1.165, 1.54) is 12.2 Å². The Kier molecular flexibility index (Phi) is 14.3. The number of carboxylic acid groups (broad SMARTS) is 1. The number of rotatable bonds is 13. The number of aliphatic imine (C=N–C) groups is 1. The minimum atomic E-state index is -0.957. The number of amides is 2. The van der Waals surface area contributed by atoms with Crippen molar-refractivity contribution in [2.75, 3.05) is 13.6 Å². The number of benzene rings is 1. The number of carbonyl (C=O) groups is 3. The standard InChI is InChI=1S/C39H58N4O5S.H2S/c1-26(2)48-49-42(9)31-12-10-11-29(25-31)34-36(47)43(39(41-34)22-17-30(18-23-39)38(6,7)8)32(19-21-37(3,4)5)27-13-15-28(16-14-27)35(46)40-24-20-33(44)45;/h12-16,25-26,30,32H,10-11,17-24H2,1-9H3,(H,40,46)(H,44,45);1H2. The average Bonchev–Trinajstić information content (AvgIpc) is 3.30. The van der Waals surface area contributed by atoms with Crippen molar-refractivity contribution < 1.29 is 23.7 Å². The highest BCUT2D eigenvalue weighted by Gasteiger charge is 2.53. The summed E-state index contributed by atoms with van der Waals surface area (Å²) < 4.78 is 7.79. The van der Waals surface area contributed by atoms with Gasteiger partial charge in [0.05, 0.1) is 18.6 Å². The summed E-state index contributed by atoms with van der Waals surface area (Å²) >= 11 is 1.31. The van der Waals surface area contributed by atoms with Gasteiger partial charge in [0.2, 0.25) is 0 Å². The zero-order valence-corrected chi connectivity index (χ0v) is 33.4. The molecule has 1 heterocycles. The molecule has 2 amide bonds. The van der Waals surface area contributed by atoms with Crippen LogP contribution in [-0.2, 0) is 13.8 Å². The minimum absolute atomic E-state index is 0. The summed E-state index contributed by atoms with van der Waals surface area (Å²) in [5, 5.41) is 11.6. The maximum Gasteiger partial charge on any atom is 0.305 e. The first-order chi connectivity index (χ1) is 22.9. The first-order valence-corrected chi connectivity index (χ1v) is 18.6. The fourth-order valence-corrected chi connectivity index (χ4v) is 7.61. The van der Waals surface area contributed by atoms with Crippen LogP contribution in [0.3, 0.4) is 0 Å². The van der Waals surface area contributed by atoms with Gasteiger partial charge in [0, 0.05) is 24.9 Å². The van der Waals surface area contributed by atoms with E-state index in [9.17, 15) is 14.4 Å². The highest BCUT2D eigenvalue weighted by Crippen LogP contribution is 2.50. The van der Waals surface area contributed by atoms with Crippen molar-refractivity contribution in [2.24, 2.45) is 21.7 Å². The minimum Gasteiger partial charge on any atom is -0.481 e. The number of nitrogens with zero attached hydrogens (tertiary/aromatic N) is 3. The highest BCUT2D eigenvalue weighted by molar-refractivity contribution is 7.92. The van der Waals surface area contributed by atoms with E-state index in [1.807, 2.05) is 37.3 Å². The first-order valence-electron chi connectivity index (χ1n) is 17.9. The van der Waals surface area contributed by atoms with Crippen molar-refractivity contribution in [3.05, 3.63) is 58.8 Å². The number of hydrogen-bond acceptors (Lipinski definition) is 7. The normalized spacial score (nSPS) is 21.7. The van der Waals surface area contributed by atoms with Crippen molar-refractivity contribution >= 4 is 49.2 Å². The van der Waals surface area contributed by atoms with E-state index in [4.69, 9.17) is 14.3 Å². The molecule has 1 spiro atoms. The van der Waals surface area contributed by atoms with E-state index < -0.39 is 11.6 Å². The second kappa shape index (κ2) is 17.2. The lowest BCUT2D eigenvalue weighted by Crippen LogP contribution is -2.51. The largest absolute Gasteiger partial charge is 0.481 e. The second-order valence-corrected chi connectivity index (χ2v) is 17.3.